The number of hydrogen-bond donors (Lipinski definition) is 2. The number of aliphatic hydroxyl groups is 1. The van der Waals surface area contributed by atoms with E-state index in [9.17, 15) is 15.2 Å². The van der Waals surface area contributed by atoms with Crippen molar-refractivity contribution in [3.8, 4) is 28.7 Å². The molecule has 4 heterocycles. The van der Waals surface area contributed by atoms with E-state index in [4.69, 9.17) is 9.72 Å². The van der Waals surface area contributed by atoms with Crippen LogP contribution in [0.2, 0.25) is 0 Å². The van der Waals surface area contributed by atoms with Gasteiger partial charge in [0.2, 0.25) is 5.95 Å². The highest BCUT2D eigenvalue weighted by Gasteiger charge is 2.32. The molecule has 210 valence electrons. The molecule has 1 fully saturated rings. The summed E-state index contributed by atoms with van der Waals surface area (Å²) in [5.74, 6) is 0.783. The fourth-order valence-electron chi connectivity index (χ4n) is 4.64. The minimum atomic E-state index is -0.975. The van der Waals surface area contributed by atoms with Crippen molar-refractivity contribution in [1.82, 2.24) is 29.9 Å². The van der Waals surface area contributed by atoms with Gasteiger partial charge in [0.1, 0.15) is 17.6 Å². The van der Waals surface area contributed by atoms with Crippen LogP contribution in [0.3, 0.4) is 0 Å². The van der Waals surface area contributed by atoms with Gasteiger partial charge in [-0.05, 0) is 57.0 Å². The number of pyridine rings is 1. The highest BCUT2D eigenvalue weighted by molar-refractivity contribution is 5.80. The molecule has 3 aromatic heterocycles. The largest absolute Gasteiger partial charge is 0.467 e. The van der Waals surface area contributed by atoms with Gasteiger partial charge in [0.25, 0.3) is 0 Å². The molecule has 0 unspecified atom stereocenters. The van der Waals surface area contributed by atoms with Crippen molar-refractivity contribution in [2.45, 2.75) is 44.9 Å². The van der Waals surface area contributed by atoms with Crippen molar-refractivity contribution >= 4 is 17.7 Å². The average Bonchev–Trinajstić information content (AvgIpc) is 3.66. The maximum atomic E-state index is 12.2. The third-order valence-corrected chi connectivity index (χ3v) is 6.63. The van der Waals surface area contributed by atoms with Crippen molar-refractivity contribution < 1.29 is 14.6 Å². The molecule has 0 saturated carbocycles. The highest BCUT2D eigenvalue weighted by Crippen LogP contribution is 2.27. The van der Waals surface area contributed by atoms with Crippen LogP contribution in [0, 0.1) is 11.3 Å². The van der Waals surface area contributed by atoms with Gasteiger partial charge in [0.15, 0.2) is 0 Å². The quantitative estimate of drug-likeness (QED) is 0.294. The van der Waals surface area contributed by atoms with Crippen molar-refractivity contribution in [3.05, 3.63) is 66.0 Å². The molecule has 0 spiro atoms. The molecule has 41 heavy (non-hydrogen) atoms. The van der Waals surface area contributed by atoms with Gasteiger partial charge in [-0.25, -0.2) is 24.4 Å². The van der Waals surface area contributed by atoms with E-state index in [1.165, 1.54) is 7.11 Å². The van der Waals surface area contributed by atoms with Crippen LogP contribution in [0.5, 0.6) is 0 Å². The molecule has 1 saturated heterocycles. The molecule has 1 aliphatic rings. The summed E-state index contributed by atoms with van der Waals surface area (Å²) in [6, 6.07) is 16.5. The Hall–Kier alpha value is -4.89. The smallest absolute Gasteiger partial charge is 0.328 e. The molecule has 0 radical (unpaired) electrons. The van der Waals surface area contributed by atoms with Gasteiger partial charge < -0.3 is 20.1 Å². The number of aromatic nitrogens is 6. The number of hydrogen-bond acceptors (Lipinski definition) is 11. The van der Waals surface area contributed by atoms with Crippen LogP contribution >= 0.6 is 0 Å². The Bertz CT molecular complexity index is 1590. The van der Waals surface area contributed by atoms with E-state index in [2.05, 4.69) is 31.7 Å². The zero-order valence-corrected chi connectivity index (χ0v) is 23.2. The van der Waals surface area contributed by atoms with E-state index in [0.29, 0.717) is 35.1 Å². The lowest BCUT2D eigenvalue weighted by Crippen LogP contribution is -2.37. The fraction of sp³-hybridized carbons (Fsp3) is 0.345. The molecular weight excluding hydrogens is 522 g/mol. The van der Waals surface area contributed by atoms with Crippen LogP contribution in [-0.2, 0) is 16.1 Å². The number of anilines is 2. The maximum absolute atomic E-state index is 12.2. The number of nitrogens with zero attached hydrogens (tertiary/aromatic N) is 8. The van der Waals surface area contributed by atoms with Crippen LogP contribution in [0.15, 0.2) is 54.7 Å². The molecule has 1 aliphatic heterocycles. The number of carbonyl (C=O) groups is 1. The summed E-state index contributed by atoms with van der Waals surface area (Å²) in [5.41, 5.74) is 2.70. The predicted octanol–water partition coefficient (Wildman–Crippen LogP) is 3.04. The maximum Gasteiger partial charge on any atom is 0.328 e. The first kappa shape index (κ1) is 27.7. The molecule has 0 amide bonds. The second kappa shape index (κ2) is 11.7. The zero-order valence-electron chi connectivity index (χ0n) is 23.2. The number of ether oxygens (including phenoxy) is 1. The molecule has 2 N–H and O–H groups in total. The first-order valence-electron chi connectivity index (χ1n) is 13.3. The summed E-state index contributed by atoms with van der Waals surface area (Å²) in [5, 5.41) is 31.3. The first-order valence-corrected chi connectivity index (χ1v) is 13.3. The Morgan fingerprint density at radius 2 is 1.95 bits per heavy atom. The Morgan fingerprint density at radius 1 is 1.15 bits per heavy atom. The first-order chi connectivity index (χ1) is 19.7. The molecule has 4 aromatic rings. The average molecular weight is 554 g/mol. The van der Waals surface area contributed by atoms with Gasteiger partial charge in [0, 0.05) is 18.7 Å². The van der Waals surface area contributed by atoms with E-state index in [-0.39, 0.29) is 18.6 Å². The summed E-state index contributed by atoms with van der Waals surface area (Å²) in [6.45, 7) is 4.71. The third kappa shape index (κ3) is 6.64. The number of esters is 1. The normalized spacial score (nSPS) is 15.0. The molecule has 0 aliphatic carbocycles. The molecule has 0 bridgehead atoms. The van der Waals surface area contributed by atoms with Crippen molar-refractivity contribution in [2.24, 2.45) is 0 Å². The SMILES string of the molecule is COC(=O)[C@@H]1CCCN1c1cccc(Cn2cc(-c3cc(-c4cccc(C#N)c4)nc(NCC(C)(C)O)n3)nn2)n1. The van der Waals surface area contributed by atoms with E-state index in [1.807, 2.05) is 29.2 Å². The number of nitrogens with one attached hydrogen (secondary N) is 1. The number of rotatable bonds is 9. The standard InChI is InChI=1S/C29H31N9O3/c1-29(2,40)18-31-28-33-22(20-8-4-7-19(13-20)15-30)14-23(34-28)24-17-37(36-35-24)16-21-9-5-11-26(32-21)38-12-6-10-25(38)27(39)41-3/h4-5,7-9,11,13-14,17,25,40H,6,10,12,16,18H2,1-3H3,(H,31,33,34)/t25-/m0/s1. The molecule has 5 rings (SSSR count). The lowest BCUT2D eigenvalue weighted by atomic mass is 10.1. The zero-order chi connectivity index (χ0) is 29.0. The molecule has 1 aromatic carbocycles. The van der Waals surface area contributed by atoms with Gasteiger partial charge in [0.05, 0.1) is 54.2 Å². The number of carbonyl (C=O) groups excluding carboxylic acids is 1. The Balaban J connectivity index is 1.41. The Kier molecular flexibility index (Phi) is 7.89. The van der Waals surface area contributed by atoms with Crippen molar-refractivity contribution in [2.75, 3.05) is 30.4 Å². The van der Waals surface area contributed by atoms with E-state index >= 15 is 0 Å². The van der Waals surface area contributed by atoms with Gasteiger partial charge in [-0.15, -0.1) is 5.10 Å². The van der Waals surface area contributed by atoms with Crippen LogP contribution in [0.1, 0.15) is 37.9 Å². The van der Waals surface area contributed by atoms with Gasteiger partial charge >= 0.3 is 5.97 Å². The van der Waals surface area contributed by atoms with Crippen LogP contribution < -0.4 is 10.2 Å². The van der Waals surface area contributed by atoms with E-state index in [0.717, 1.165) is 36.5 Å². The number of methoxy groups -OCH3 is 1. The van der Waals surface area contributed by atoms with Gasteiger partial charge in [-0.2, -0.15) is 5.26 Å². The monoisotopic (exact) mass is 553 g/mol. The Labute approximate surface area is 237 Å². The van der Waals surface area contributed by atoms with Gasteiger partial charge in [-0.1, -0.05) is 23.4 Å². The highest BCUT2D eigenvalue weighted by atomic mass is 16.5. The van der Waals surface area contributed by atoms with Gasteiger partial charge in [-0.3, -0.25) is 0 Å². The summed E-state index contributed by atoms with van der Waals surface area (Å²) < 4.78 is 6.64. The number of benzene rings is 1. The lowest BCUT2D eigenvalue weighted by molar-refractivity contribution is -0.141. The summed E-state index contributed by atoms with van der Waals surface area (Å²) in [6.07, 6.45) is 3.41. The van der Waals surface area contributed by atoms with E-state index in [1.54, 1.807) is 49.0 Å². The molecule has 1 atom stereocenters. The Morgan fingerprint density at radius 3 is 2.73 bits per heavy atom. The molecular formula is C29H31N9O3. The van der Waals surface area contributed by atoms with E-state index < -0.39 is 5.60 Å². The lowest BCUT2D eigenvalue weighted by Gasteiger charge is -2.24. The van der Waals surface area contributed by atoms with Crippen LogP contribution in [-0.4, -0.2) is 72.9 Å². The van der Waals surface area contributed by atoms with Crippen LogP contribution in [0.25, 0.3) is 22.6 Å². The summed E-state index contributed by atoms with van der Waals surface area (Å²) >= 11 is 0. The second-order valence-corrected chi connectivity index (χ2v) is 10.5. The minimum Gasteiger partial charge on any atom is -0.467 e. The summed E-state index contributed by atoms with van der Waals surface area (Å²) in [4.78, 5) is 28.2. The van der Waals surface area contributed by atoms with Crippen molar-refractivity contribution in [1.29, 1.82) is 5.26 Å². The second-order valence-electron chi connectivity index (χ2n) is 10.5. The fourth-order valence-corrected chi connectivity index (χ4v) is 4.64. The predicted molar refractivity (Wildman–Crippen MR) is 152 cm³/mol. The third-order valence-electron chi connectivity index (χ3n) is 6.63. The van der Waals surface area contributed by atoms with Crippen molar-refractivity contribution in [3.63, 3.8) is 0 Å². The number of nitriles is 1. The molecule has 12 nitrogen and oxygen atoms in total. The molecule has 12 heteroatoms. The summed E-state index contributed by atoms with van der Waals surface area (Å²) in [7, 11) is 1.40. The minimum absolute atomic E-state index is 0.233. The topological polar surface area (TPSA) is 155 Å². The van der Waals surface area contributed by atoms with Crippen LogP contribution in [0.4, 0.5) is 11.8 Å².